The zero-order chi connectivity index (χ0) is 34.9. The molecule has 11 rings (SSSR count). The van der Waals surface area contributed by atoms with Gasteiger partial charge in [-0.3, -0.25) is 0 Å². The fourth-order valence-electron chi connectivity index (χ4n) is 9.09. The molecule has 2 nitrogen and oxygen atoms in total. The van der Waals surface area contributed by atoms with Crippen molar-refractivity contribution in [3.05, 3.63) is 222 Å². The van der Waals surface area contributed by atoms with E-state index in [9.17, 15) is 0 Å². The van der Waals surface area contributed by atoms with E-state index in [-0.39, 0.29) is 0 Å². The fraction of sp³-hybridized carbons (Fsp3) is 0.0196. The molecule has 1 atom stereocenters. The van der Waals surface area contributed by atoms with Crippen molar-refractivity contribution in [1.29, 1.82) is 0 Å². The lowest BCUT2D eigenvalue weighted by molar-refractivity contribution is 0.441. The highest BCUT2D eigenvalue weighted by Gasteiger charge is 2.52. The van der Waals surface area contributed by atoms with Crippen molar-refractivity contribution < 1.29 is 4.74 Å². The van der Waals surface area contributed by atoms with Gasteiger partial charge in [-0.2, -0.15) is 0 Å². The Morgan fingerprint density at radius 3 is 1.83 bits per heavy atom. The number of hydrogen-bond acceptors (Lipinski definition) is 2. The Morgan fingerprint density at radius 2 is 0.981 bits per heavy atom. The van der Waals surface area contributed by atoms with Gasteiger partial charge < -0.3 is 9.64 Å². The number of anilines is 3. The number of rotatable bonds is 4. The van der Waals surface area contributed by atoms with Crippen molar-refractivity contribution in [2.45, 2.75) is 5.41 Å². The molecule has 1 heterocycles. The van der Waals surface area contributed by atoms with Crippen LogP contribution in [0, 0.1) is 0 Å². The molecule has 248 valence electrons. The third-order valence-electron chi connectivity index (χ3n) is 11.3. The van der Waals surface area contributed by atoms with E-state index in [1.807, 2.05) is 0 Å². The maximum absolute atomic E-state index is 6.91. The number of benzene rings is 9. The molecule has 2 heteroatoms. The Balaban J connectivity index is 1.23. The minimum Gasteiger partial charge on any atom is -0.456 e. The monoisotopic (exact) mass is 675 g/mol. The van der Waals surface area contributed by atoms with Crippen LogP contribution in [0.3, 0.4) is 0 Å². The number of ether oxygens (including phenoxy) is 1. The van der Waals surface area contributed by atoms with Gasteiger partial charge in [-0.1, -0.05) is 170 Å². The Kier molecular flexibility index (Phi) is 6.50. The van der Waals surface area contributed by atoms with Gasteiger partial charge in [0.05, 0.1) is 16.8 Å². The first kappa shape index (κ1) is 29.8. The SMILES string of the molecule is c1ccc(-c2ccc(N(c3cccc4c3-c3ccccc3C43c4ccccc4Oc4c3ccc3ccccc43)c3cccc4ccccc34)cc2)cc1. The number of fused-ring (bicyclic) bond motifs is 12. The van der Waals surface area contributed by atoms with E-state index in [4.69, 9.17) is 4.74 Å². The Bertz CT molecular complexity index is 2870. The highest BCUT2D eigenvalue weighted by atomic mass is 16.5. The van der Waals surface area contributed by atoms with Gasteiger partial charge >= 0.3 is 0 Å². The molecule has 0 saturated heterocycles. The quantitative estimate of drug-likeness (QED) is 0.184. The Morgan fingerprint density at radius 1 is 0.377 bits per heavy atom. The molecule has 0 N–H and O–H groups in total. The standard InChI is InChI=1S/C51H33NO/c1-2-14-34(15-3-1)35-28-31-38(32-29-35)52(46-25-12-18-36-16-4-6-19-39(36)46)47-26-13-24-44-49(47)41-21-8-9-22-42(41)51(44)43-23-10-11-27-48(43)53-50-40-20-7-5-17-37(40)30-33-45(50)51/h1-33H. The summed E-state index contributed by atoms with van der Waals surface area (Å²) in [5, 5.41) is 4.70. The molecule has 9 aromatic rings. The highest BCUT2D eigenvalue weighted by Crippen LogP contribution is 2.65. The van der Waals surface area contributed by atoms with Crippen molar-refractivity contribution in [2.24, 2.45) is 0 Å². The lowest BCUT2D eigenvalue weighted by Gasteiger charge is -2.40. The van der Waals surface area contributed by atoms with Crippen LogP contribution in [0.15, 0.2) is 200 Å². The second-order valence-corrected chi connectivity index (χ2v) is 14.0. The van der Waals surface area contributed by atoms with Gasteiger partial charge in [-0.05, 0) is 68.9 Å². The van der Waals surface area contributed by atoms with Gasteiger partial charge in [0.15, 0.2) is 0 Å². The highest BCUT2D eigenvalue weighted by molar-refractivity contribution is 6.04. The molecule has 9 aromatic carbocycles. The van der Waals surface area contributed by atoms with Crippen molar-refractivity contribution in [2.75, 3.05) is 4.90 Å². The average Bonchev–Trinajstić information content (AvgIpc) is 3.53. The van der Waals surface area contributed by atoms with Gasteiger partial charge in [0.1, 0.15) is 11.5 Å². The van der Waals surface area contributed by atoms with Crippen LogP contribution in [0.25, 0.3) is 43.8 Å². The third-order valence-corrected chi connectivity index (χ3v) is 11.3. The van der Waals surface area contributed by atoms with E-state index in [1.165, 1.54) is 55.1 Å². The topological polar surface area (TPSA) is 12.5 Å². The predicted octanol–water partition coefficient (Wildman–Crippen LogP) is 13.6. The van der Waals surface area contributed by atoms with Crippen LogP contribution < -0.4 is 9.64 Å². The van der Waals surface area contributed by atoms with Crippen molar-refractivity contribution in [3.8, 4) is 33.8 Å². The summed E-state index contributed by atoms with van der Waals surface area (Å²) < 4.78 is 6.91. The summed E-state index contributed by atoms with van der Waals surface area (Å²) in [6, 6.07) is 72.7. The second-order valence-electron chi connectivity index (χ2n) is 14.0. The predicted molar refractivity (Wildman–Crippen MR) is 219 cm³/mol. The number of hydrogen-bond donors (Lipinski definition) is 0. The van der Waals surface area contributed by atoms with E-state index >= 15 is 0 Å². The van der Waals surface area contributed by atoms with Crippen LogP contribution in [0.2, 0.25) is 0 Å². The summed E-state index contributed by atoms with van der Waals surface area (Å²) in [5.74, 6) is 1.82. The van der Waals surface area contributed by atoms with E-state index < -0.39 is 5.41 Å². The molecule has 2 aliphatic rings. The van der Waals surface area contributed by atoms with Crippen LogP contribution >= 0.6 is 0 Å². The largest absolute Gasteiger partial charge is 0.456 e. The molecule has 1 unspecified atom stereocenters. The summed E-state index contributed by atoms with van der Waals surface area (Å²) >= 11 is 0. The second kappa shape index (κ2) is 11.6. The van der Waals surface area contributed by atoms with Crippen LogP contribution in [0.4, 0.5) is 17.1 Å². The molecule has 1 aliphatic heterocycles. The molecule has 1 spiro atoms. The van der Waals surface area contributed by atoms with E-state index in [0.717, 1.165) is 39.5 Å². The Hall–Kier alpha value is -6.90. The van der Waals surface area contributed by atoms with E-state index in [2.05, 4.69) is 205 Å². The number of para-hydroxylation sites is 1. The van der Waals surface area contributed by atoms with Gasteiger partial charge in [0.25, 0.3) is 0 Å². The molecular formula is C51H33NO. The summed E-state index contributed by atoms with van der Waals surface area (Å²) in [7, 11) is 0. The smallest absolute Gasteiger partial charge is 0.140 e. The minimum absolute atomic E-state index is 0.586. The maximum atomic E-state index is 6.91. The first-order valence-electron chi connectivity index (χ1n) is 18.3. The zero-order valence-corrected chi connectivity index (χ0v) is 28.9. The molecule has 0 bridgehead atoms. The maximum Gasteiger partial charge on any atom is 0.140 e. The van der Waals surface area contributed by atoms with E-state index in [0.29, 0.717) is 0 Å². The van der Waals surface area contributed by atoms with Crippen LogP contribution in [-0.2, 0) is 5.41 Å². The van der Waals surface area contributed by atoms with Crippen molar-refractivity contribution >= 4 is 38.6 Å². The molecule has 0 aromatic heterocycles. The summed E-state index contributed by atoms with van der Waals surface area (Å²) in [6.07, 6.45) is 0. The van der Waals surface area contributed by atoms with Crippen molar-refractivity contribution in [1.82, 2.24) is 0 Å². The lowest BCUT2D eigenvalue weighted by atomic mass is 9.65. The van der Waals surface area contributed by atoms with Crippen LogP contribution in [0.1, 0.15) is 22.3 Å². The zero-order valence-electron chi connectivity index (χ0n) is 28.9. The molecule has 0 radical (unpaired) electrons. The fourth-order valence-corrected chi connectivity index (χ4v) is 9.09. The number of nitrogens with zero attached hydrogens (tertiary/aromatic N) is 1. The summed E-state index contributed by atoms with van der Waals surface area (Å²) in [6.45, 7) is 0. The van der Waals surface area contributed by atoms with Gasteiger partial charge in [-0.15, -0.1) is 0 Å². The molecule has 53 heavy (non-hydrogen) atoms. The van der Waals surface area contributed by atoms with Crippen molar-refractivity contribution in [3.63, 3.8) is 0 Å². The first-order chi connectivity index (χ1) is 26.3. The van der Waals surface area contributed by atoms with Crippen LogP contribution in [-0.4, -0.2) is 0 Å². The van der Waals surface area contributed by atoms with Gasteiger partial charge in [0, 0.05) is 33.2 Å². The molecular weight excluding hydrogens is 643 g/mol. The molecule has 0 fully saturated rings. The average molecular weight is 676 g/mol. The molecule has 0 amide bonds. The van der Waals surface area contributed by atoms with Gasteiger partial charge in [-0.25, -0.2) is 0 Å². The minimum atomic E-state index is -0.586. The van der Waals surface area contributed by atoms with E-state index in [1.54, 1.807) is 0 Å². The molecule has 1 aliphatic carbocycles. The summed E-state index contributed by atoms with van der Waals surface area (Å²) in [5.41, 5.74) is 12.5. The lowest BCUT2D eigenvalue weighted by Crippen LogP contribution is -2.32. The molecule has 0 saturated carbocycles. The normalized spacial score (nSPS) is 15.0. The van der Waals surface area contributed by atoms with Gasteiger partial charge in [0.2, 0.25) is 0 Å². The summed E-state index contributed by atoms with van der Waals surface area (Å²) in [4.78, 5) is 2.47. The van der Waals surface area contributed by atoms with Crippen LogP contribution in [0.5, 0.6) is 11.5 Å². The first-order valence-corrected chi connectivity index (χ1v) is 18.3. The Labute approximate surface area is 308 Å². The third kappa shape index (κ3) is 4.27.